The van der Waals surface area contributed by atoms with Gasteiger partial charge in [0, 0.05) is 5.56 Å². The third-order valence-electron chi connectivity index (χ3n) is 4.32. The van der Waals surface area contributed by atoms with Gasteiger partial charge in [0.05, 0.1) is 0 Å². The van der Waals surface area contributed by atoms with Crippen LogP contribution in [0.2, 0.25) is 0 Å². The Morgan fingerprint density at radius 1 is 0.808 bits per heavy atom. The topological polar surface area (TPSA) is 17.1 Å². The van der Waals surface area contributed by atoms with Crippen molar-refractivity contribution in [3.63, 3.8) is 0 Å². The first-order valence-corrected chi connectivity index (χ1v) is 8.71. The predicted molar refractivity (Wildman–Crippen MR) is 104 cm³/mol. The van der Waals surface area contributed by atoms with E-state index in [1.54, 1.807) is 6.08 Å². The van der Waals surface area contributed by atoms with E-state index in [9.17, 15) is 13.6 Å². The van der Waals surface area contributed by atoms with Crippen molar-refractivity contribution in [2.75, 3.05) is 0 Å². The van der Waals surface area contributed by atoms with Gasteiger partial charge >= 0.3 is 0 Å². The van der Waals surface area contributed by atoms with Crippen molar-refractivity contribution in [3.05, 3.63) is 76.4 Å². The van der Waals surface area contributed by atoms with E-state index in [0.29, 0.717) is 0 Å². The number of carbonyl (C=O) groups excluding carboxylic acids is 1. The highest BCUT2D eigenvalue weighted by molar-refractivity contribution is 6.06. The third kappa shape index (κ3) is 4.87. The molecule has 138 valence electrons. The molecule has 0 atom stereocenters. The summed E-state index contributed by atoms with van der Waals surface area (Å²) < 4.78 is 26.3. The number of ketones is 1. The number of halogens is 2. The summed E-state index contributed by atoms with van der Waals surface area (Å²) >= 11 is 0. The molecule has 0 amide bonds. The molecule has 0 aliphatic heterocycles. The van der Waals surface area contributed by atoms with Gasteiger partial charge in [0.15, 0.2) is 17.4 Å². The number of hydrogen-bond acceptors (Lipinski definition) is 1. The van der Waals surface area contributed by atoms with Crippen molar-refractivity contribution in [2.24, 2.45) is 0 Å². The van der Waals surface area contributed by atoms with E-state index < -0.39 is 11.6 Å². The highest BCUT2D eigenvalue weighted by Crippen LogP contribution is 2.30. The van der Waals surface area contributed by atoms with Crippen LogP contribution in [0.1, 0.15) is 68.6 Å². The summed E-state index contributed by atoms with van der Waals surface area (Å²) in [4.78, 5) is 12.3. The molecule has 2 aromatic rings. The minimum absolute atomic E-state index is 0.0199. The summed E-state index contributed by atoms with van der Waals surface area (Å²) in [6.45, 7) is 12.9. The second-order valence-corrected chi connectivity index (χ2v) is 8.67. The zero-order valence-corrected chi connectivity index (χ0v) is 16.3. The number of carbonyl (C=O) groups is 1. The molecule has 0 bridgehead atoms. The summed E-state index contributed by atoms with van der Waals surface area (Å²) in [5, 5.41) is 0. The van der Waals surface area contributed by atoms with Gasteiger partial charge in [-0.1, -0.05) is 65.8 Å². The summed E-state index contributed by atoms with van der Waals surface area (Å²) in [7, 11) is 0. The Hall–Kier alpha value is -2.29. The van der Waals surface area contributed by atoms with Crippen LogP contribution in [-0.2, 0) is 10.8 Å². The molecule has 2 rings (SSSR count). The molecule has 1 nitrogen and oxygen atoms in total. The molecule has 0 aliphatic carbocycles. The largest absolute Gasteiger partial charge is 0.289 e. The second kappa shape index (κ2) is 7.14. The van der Waals surface area contributed by atoms with Crippen molar-refractivity contribution in [3.8, 4) is 0 Å². The summed E-state index contributed by atoms with van der Waals surface area (Å²) in [5.74, 6) is -2.34. The number of benzene rings is 2. The van der Waals surface area contributed by atoms with Crippen LogP contribution in [0.3, 0.4) is 0 Å². The van der Waals surface area contributed by atoms with Crippen LogP contribution in [0.4, 0.5) is 8.78 Å². The Morgan fingerprint density at radius 3 is 1.81 bits per heavy atom. The highest BCUT2D eigenvalue weighted by Gasteiger charge is 2.20. The van der Waals surface area contributed by atoms with Crippen LogP contribution in [0.15, 0.2) is 42.5 Å². The monoisotopic (exact) mass is 356 g/mol. The van der Waals surface area contributed by atoms with E-state index in [1.165, 1.54) is 23.3 Å². The van der Waals surface area contributed by atoms with E-state index in [4.69, 9.17) is 0 Å². The minimum atomic E-state index is -1.02. The van der Waals surface area contributed by atoms with Gasteiger partial charge in [0.25, 0.3) is 0 Å². The summed E-state index contributed by atoms with van der Waals surface area (Å²) in [5.41, 5.74) is 3.37. The zero-order valence-electron chi connectivity index (χ0n) is 16.3. The van der Waals surface area contributed by atoms with Gasteiger partial charge in [0.2, 0.25) is 0 Å². The SMILES string of the molecule is CC(C)(C)c1cc(/C=C/C(=O)c2ccc(F)c(F)c2)cc(C(C)(C)C)c1. The Kier molecular flexibility index (Phi) is 5.50. The van der Waals surface area contributed by atoms with Gasteiger partial charge in [-0.05, 0) is 51.8 Å². The van der Waals surface area contributed by atoms with Crippen LogP contribution in [-0.4, -0.2) is 5.78 Å². The standard InChI is InChI=1S/C23H26F2O/c1-22(2,3)17-11-15(12-18(14-17)23(4,5)6)7-10-21(26)16-8-9-19(24)20(25)13-16/h7-14H,1-6H3/b10-7+. The van der Waals surface area contributed by atoms with E-state index in [2.05, 4.69) is 59.7 Å². The number of allylic oxidation sites excluding steroid dienone is 1. The Labute approximate surface area is 154 Å². The molecule has 2 aromatic carbocycles. The Bertz CT molecular complexity index is 817. The lowest BCUT2D eigenvalue weighted by molar-refractivity contribution is 0.104. The van der Waals surface area contributed by atoms with Gasteiger partial charge < -0.3 is 0 Å². The number of rotatable bonds is 3. The molecule has 0 spiro atoms. The lowest BCUT2D eigenvalue weighted by atomic mass is 9.79. The van der Waals surface area contributed by atoms with Crippen molar-refractivity contribution < 1.29 is 13.6 Å². The first kappa shape index (κ1) is 20.0. The minimum Gasteiger partial charge on any atom is -0.289 e. The van der Waals surface area contributed by atoms with Crippen LogP contribution >= 0.6 is 0 Å². The first-order valence-electron chi connectivity index (χ1n) is 8.71. The molecule has 26 heavy (non-hydrogen) atoms. The van der Waals surface area contributed by atoms with Crippen LogP contribution < -0.4 is 0 Å². The van der Waals surface area contributed by atoms with E-state index in [1.807, 2.05) is 0 Å². The van der Waals surface area contributed by atoms with Crippen molar-refractivity contribution >= 4 is 11.9 Å². The maximum absolute atomic E-state index is 13.3. The normalized spacial score (nSPS) is 12.6. The number of hydrogen-bond donors (Lipinski definition) is 0. The van der Waals surface area contributed by atoms with Crippen molar-refractivity contribution in [2.45, 2.75) is 52.4 Å². The molecule has 0 unspecified atom stereocenters. The molecule has 3 heteroatoms. The molecule has 0 aliphatic rings. The summed E-state index contributed by atoms with van der Waals surface area (Å²) in [6, 6.07) is 9.50. The molecule has 0 N–H and O–H groups in total. The highest BCUT2D eigenvalue weighted by atomic mass is 19.2. The van der Waals surface area contributed by atoms with Gasteiger partial charge in [-0.25, -0.2) is 8.78 Å². The molecule has 0 saturated carbocycles. The fraction of sp³-hybridized carbons (Fsp3) is 0.348. The molecular weight excluding hydrogens is 330 g/mol. The fourth-order valence-electron chi connectivity index (χ4n) is 2.53. The Balaban J connectivity index is 2.39. The first-order chi connectivity index (χ1) is 11.9. The molecule has 0 heterocycles. The molecular formula is C23H26F2O. The average molecular weight is 356 g/mol. The van der Waals surface area contributed by atoms with Crippen LogP contribution in [0.25, 0.3) is 6.08 Å². The van der Waals surface area contributed by atoms with E-state index >= 15 is 0 Å². The molecule has 0 fully saturated rings. The lowest BCUT2D eigenvalue weighted by Crippen LogP contribution is -2.16. The molecule has 0 aromatic heterocycles. The van der Waals surface area contributed by atoms with Crippen molar-refractivity contribution in [1.82, 2.24) is 0 Å². The maximum atomic E-state index is 13.3. The van der Waals surface area contributed by atoms with Gasteiger partial charge in [-0.15, -0.1) is 0 Å². The smallest absolute Gasteiger partial charge is 0.185 e. The van der Waals surface area contributed by atoms with Crippen LogP contribution in [0.5, 0.6) is 0 Å². The van der Waals surface area contributed by atoms with Crippen molar-refractivity contribution in [1.29, 1.82) is 0 Å². The van der Waals surface area contributed by atoms with E-state index in [0.717, 1.165) is 17.7 Å². The predicted octanol–water partition coefficient (Wildman–Crippen LogP) is 6.46. The van der Waals surface area contributed by atoms with Gasteiger partial charge in [-0.3, -0.25) is 4.79 Å². The molecule has 0 radical (unpaired) electrons. The Morgan fingerprint density at radius 2 is 1.35 bits per heavy atom. The fourth-order valence-corrected chi connectivity index (χ4v) is 2.53. The molecule has 0 saturated heterocycles. The van der Waals surface area contributed by atoms with E-state index in [-0.39, 0.29) is 22.2 Å². The lowest BCUT2D eigenvalue weighted by Gasteiger charge is -2.25. The second-order valence-electron chi connectivity index (χ2n) is 8.67. The van der Waals surface area contributed by atoms with Gasteiger partial charge in [0.1, 0.15) is 0 Å². The third-order valence-corrected chi connectivity index (χ3v) is 4.32. The maximum Gasteiger partial charge on any atom is 0.185 e. The van der Waals surface area contributed by atoms with Gasteiger partial charge in [-0.2, -0.15) is 0 Å². The van der Waals surface area contributed by atoms with Crippen LogP contribution in [0, 0.1) is 11.6 Å². The average Bonchev–Trinajstić information content (AvgIpc) is 2.53. The zero-order chi connectivity index (χ0) is 19.7. The quantitative estimate of drug-likeness (QED) is 0.456. The summed E-state index contributed by atoms with van der Waals surface area (Å²) in [6.07, 6.45) is 3.13.